The lowest BCUT2D eigenvalue weighted by atomic mass is 10.3. The Morgan fingerprint density at radius 1 is 1.82 bits per heavy atom. The summed E-state index contributed by atoms with van der Waals surface area (Å²) in [6.45, 7) is 4.07. The fourth-order valence-electron chi connectivity index (χ4n) is 1.33. The Hall–Kier alpha value is -0.350. The van der Waals surface area contributed by atoms with Crippen LogP contribution in [0, 0.1) is 0 Å². The zero-order valence-electron chi connectivity index (χ0n) is 6.34. The van der Waals surface area contributed by atoms with E-state index in [9.17, 15) is 0 Å². The van der Waals surface area contributed by atoms with Crippen molar-refractivity contribution >= 4 is 15.9 Å². The van der Waals surface area contributed by atoms with Gasteiger partial charge in [-0.25, -0.2) is 4.98 Å². The summed E-state index contributed by atoms with van der Waals surface area (Å²) in [6, 6.07) is 0.549. The topological polar surface area (TPSA) is 29.9 Å². The molecule has 0 radical (unpaired) electrons. The van der Waals surface area contributed by atoms with Gasteiger partial charge in [-0.05, 0) is 22.9 Å². The number of halogens is 1. The van der Waals surface area contributed by atoms with E-state index >= 15 is 0 Å². The molecular weight excluding hydrogens is 206 g/mol. The van der Waals surface area contributed by atoms with Gasteiger partial charge in [0.1, 0.15) is 10.4 Å². The first kappa shape index (κ1) is 7.31. The first-order valence-electron chi connectivity index (χ1n) is 3.70. The largest absolute Gasteiger partial charge is 0.320 e. The summed E-state index contributed by atoms with van der Waals surface area (Å²) < 4.78 is 3.28. The maximum absolute atomic E-state index is 4.24. The zero-order chi connectivity index (χ0) is 7.84. The Balaban J connectivity index is 2.37. The summed E-state index contributed by atoms with van der Waals surface area (Å²) in [5, 5.41) is 3.35. The van der Waals surface area contributed by atoms with Crippen molar-refractivity contribution in [3.8, 4) is 0 Å². The Morgan fingerprint density at radius 2 is 2.64 bits per heavy atom. The third kappa shape index (κ3) is 1.20. The Morgan fingerprint density at radius 3 is 3.45 bits per heavy atom. The molecule has 2 rings (SSSR count). The van der Waals surface area contributed by atoms with Crippen molar-refractivity contribution in [3.05, 3.63) is 16.6 Å². The van der Waals surface area contributed by atoms with Gasteiger partial charge in [0.25, 0.3) is 0 Å². The number of hydrogen-bond donors (Lipinski definition) is 1. The second-order valence-corrected chi connectivity index (χ2v) is 3.70. The third-order valence-corrected chi connectivity index (χ3v) is 2.59. The van der Waals surface area contributed by atoms with E-state index in [2.05, 4.69) is 37.7 Å². The molecule has 2 heterocycles. The van der Waals surface area contributed by atoms with Crippen molar-refractivity contribution < 1.29 is 0 Å². The maximum Gasteiger partial charge on any atom is 0.123 e. The summed E-state index contributed by atoms with van der Waals surface area (Å²) in [5.41, 5.74) is 0. The Kier molecular flexibility index (Phi) is 1.73. The highest BCUT2D eigenvalue weighted by Crippen LogP contribution is 2.16. The number of imidazole rings is 1. The third-order valence-electron chi connectivity index (χ3n) is 1.95. The molecule has 0 unspecified atom stereocenters. The van der Waals surface area contributed by atoms with Crippen LogP contribution in [0.25, 0.3) is 0 Å². The molecular formula is C7H10BrN3. The smallest absolute Gasteiger partial charge is 0.123 e. The van der Waals surface area contributed by atoms with E-state index in [1.807, 2.05) is 6.20 Å². The van der Waals surface area contributed by atoms with Crippen molar-refractivity contribution in [3.63, 3.8) is 0 Å². The van der Waals surface area contributed by atoms with Crippen molar-refractivity contribution in [1.82, 2.24) is 14.9 Å². The molecule has 11 heavy (non-hydrogen) atoms. The molecule has 1 atom stereocenters. The van der Waals surface area contributed by atoms with E-state index in [4.69, 9.17) is 0 Å². The number of aromatic nitrogens is 2. The van der Waals surface area contributed by atoms with Crippen LogP contribution in [0.5, 0.6) is 0 Å². The van der Waals surface area contributed by atoms with Gasteiger partial charge in [0.15, 0.2) is 0 Å². The minimum absolute atomic E-state index is 0.549. The SMILES string of the molecule is C[C@H]1Cn2c(Br)cnc2CN1. The first-order chi connectivity index (χ1) is 5.27. The molecule has 1 N–H and O–H groups in total. The monoisotopic (exact) mass is 215 g/mol. The molecule has 1 aliphatic heterocycles. The van der Waals surface area contributed by atoms with Gasteiger partial charge in [-0.3, -0.25) is 0 Å². The summed E-state index contributed by atoms with van der Waals surface area (Å²) in [5.74, 6) is 1.12. The summed E-state index contributed by atoms with van der Waals surface area (Å²) in [7, 11) is 0. The highest BCUT2D eigenvalue weighted by Gasteiger charge is 2.16. The van der Waals surface area contributed by atoms with Crippen molar-refractivity contribution in [2.24, 2.45) is 0 Å². The first-order valence-corrected chi connectivity index (χ1v) is 4.50. The lowest BCUT2D eigenvalue weighted by Crippen LogP contribution is -2.36. The van der Waals surface area contributed by atoms with Crippen LogP contribution in [0.3, 0.4) is 0 Å². The van der Waals surface area contributed by atoms with Gasteiger partial charge in [-0.15, -0.1) is 0 Å². The maximum atomic E-state index is 4.24. The number of nitrogens with zero attached hydrogens (tertiary/aromatic N) is 2. The predicted molar refractivity (Wildman–Crippen MR) is 46.2 cm³/mol. The van der Waals surface area contributed by atoms with Crippen LogP contribution in [0.15, 0.2) is 10.8 Å². The number of nitrogens with one attached hydrogen (secondary N) is 1. The van der Waals surface area contributed by atoms with E-state index in [0.717, 1.165) is 23.5 Å². The average molecular weight is 216 g/mol. The highest BCUT2D eigenvalue weighted by atomic mass is 79.9. The minimum atomic E-state index is 0.549. The van der Waals surface area contributed by atoms with Crippen molar-refractivity contribution in [2.45, 2.75) is 26.1 Å². The molecule has 1 aromatic rings. The van der Waals surface area contributed by atoms with Crippen LogP contribution >= 0.6 is 15.9 Å². The van der Waals surface area contributed by atoms with Crippen LogP contribution in [0.1, 0.15) is 12.7 Å². The summed E-state index contributed by atoms with van der Waals surface area (Å²) in [4.78, 5) is 4.24. The fourth-order valence-corrected chi connectivity index (χ4v) is 1.78. The van der Waals surface area contributed by atoms with Gasteiger partial charge in [-0.1, -0.05) is 0 Å². The fraction of sp³-hybridized carbons (Fsp3) is 0.571. The molecule has 3 nitrogen and oxygen atoms in total. The van der Waals surface area contributed by atoms with Gasteiger partial charge in [0.05, 0.1) is 12.7 Å². The lowest BCUT2D eigenvalue weighted by molar-refractivity contribution is 0.406. The molecule has 0 aromatic carbocycles. The number of rotatable bonds is 0. The van der Waals surface area contributed by atoms with Gasteiger partial charge in [-0.2, -0.15) is 0 Å². The molecule has 60 valence electrons. The predicted octanol–water partition coefficient (Wildman–Crippen LogP) is 1.14. The zero-order valence-corrected chi connectivity index (χ0v) is 7.93. The van der Waals surface area contributed by atoms with Crippen LogP contribution in [-0.2, 0) is 13.1 Å². The summed E-state index contributed by atoms with van der Waals surface area (Å²) >= 11 is 3.45. The molecule has 0 amide bonds. The molecule has 1 aliphatic rings. The highest BCUT2D eigenvalue weighted by molar-refractivity contribution is 9.10. The van der Waals surface area contributed by atoms with Gasteiger partial charge < -0.3 is 9.88 Å². The van der Waals surface area contributed by atoms with E-state index in [-0.39, 0.29) is 0 Å². The normalized spacial score (nSPS) is 23.3. The molecule has 4 heteroatoms. The van der Waals surface area contributed by atoms with Gasteiger partial charge in [0, 0.05) is 12.6 Å². The van der Waals surface area contributed by atoms with Crippen LogP contribution in [-0.4, -0.2) is 15.6 Å². The lowest BCUT2D eigenvalue weighted by Gasteiger charge is -2.22. The van der Waals surface area contributed by atoms with Crippen LogP contribution in [0.4, 0.5) is 0 Å². The van der Waals surface area contributed by atoms with E-state index < -0.39 is 0 Å². The second-order valence-electron chi connectivity index (χ2n) is 2.89. The van der Waals surface area contributed by atoms with E-state index in [0.29, 0.717) is 6.04 Å². The second kappa shape index (κ2) is 2.60. The van der Waals surface area contributed by atoms with Crippen molar-refractivity contribution in [2.75, 3.05) is 0 Å². The van der Waals surface area contributed by atoms with Gasteiger partial charge in [0.2, 0.25) is 0 Å². The van der Waals surface area contributed by atoms with Gasteiger partial charge >= 0.3 is 0 Å². The Bertz CT molecular complexity index is 269. The van der Waals surface area contributed by atoms with E-state index in [1.165, 1.54) is 0 Å². The van der Waals surface area contributed by atoms with Crippen molar-refractivity contribution in [1.29, 1.82) is 0 Å². The molecule has 0 fully saturated rings. The minimum Gasteiger partial charge on any atom is -0.320 e. The van der Waals surface area contributed by atoms with Crippen LogP contribution in [0.2, 0.25) is 0 Å². The summed E-state index contributed by atoms with van der Waals surface area (Å²) in [6.07, 6.45) is 1.86. The molecule has 0 spiro atoms. The molecule has 0 saturated carbocycles. The van der Waals surface area contributed by atoms with E-state index in [1.54, 1.807) is 0 Å². The quantitative estimate of drug-likeness (QED) is 0.704. The molecule has 1 aromatic heterocycles. The number of hydrogen-bond acceptors (Lipinski definition) is 2. The molecule has 0 saturated heterocycles. The standard InChI is InChI=1S/C7H10BrN3/c1-5-4-11-6(8)2-10-7(11)3-9-5/h2,5,9H,3-4H2,1H3/t5-/m0/s1. The average Bonchev–Trinajstić information content (AvgIpc) is 2.33. The van der Waals surface area contributed by atoms with Crippen LogP contribution < -0.4 is 5.32 Å². The number of fused-ring (bicyclic) bond motifs is 1. The molecule has 0 aliphatic carbocycles. The molecule has 0 bridgehead atoms. The Labute approximate surface area is 73.9 Å².